The van der Waals surface area contributed by atoms with Gasteiger partial charge in [0, 0.05) is 10.1 Å². The summed E-state index contributed by atoms with van der Waals surface area (Å²) >= 11 is 1.77. The van der Waals surface area contributed by atoms with Gasteiger partial charge in [-0.05, 0) is 62.9 Å². The second kappa shape index (κ2) is 6.19. The molecular weight excluding hydrogens is 270 g/mol. The van der Waals surface area contributed by atoms with Crippen molar-refractivity contribution in [2.45, 2.75) is 55.2 Å². The number of carboxylic acids is 1. The van der Waals surface area contributed by atoms with Crippen LogP contribution in [0.25, 0.3) is 0 Å². The third kappa shape index (κ3) is 3.36. The van der Waals surface area contributed by atoms with Crippen molar-refractivity contribution in [3.8, 4) is 0 Å². The third-order valence-electron chi connectivity index (χ3n) is 4.13. The lowest BCUT2D eigenvalue weighted by Crippen LogP contribution is -2.49. The van der Waals surface area contributed by atoms with E-state index in [0.717, 1.165) is 0 Å². The van der Waals surface area contributed by atoms with Gasteiger partial charge in [0.1, 0.15) is 5.54 Å². The van der Waals surface area contributed by atoms with Gasteiger partial charge in [-0.2, -0.15) is 0 Å². The van der Waals surface area contributed by atoms with Gasteiger partial charge >= 0.3 is 5.97 Å². The smallest absolute Gasteiger partial charge is 0.323 e. The standard InChI is InChI=1S/C16H23NO2S/c1-11(10-16(2,17-3)15(18)19)20-14-8-7-12-5-4-6-13(12)9-14/h7-9,11,17H,4-6,10H2,1-3H3,(H,18,19). The molecule has 1 aromatic rings. The molecule has 0 saturated carbocycles. The number of likely N-dealkylation sites (N-methyl/N-ethyl adjacent to an activating group) is 1. The van der Waals surface area contributed by atoms with Crippen LogP contribution in [0, 0.1) is 0 Å². The summed E-state index contributed by atoms with van der Waals surface area (Å²) in [6.45, 7) is 3.84. The van der Waals surface area contributed by atoms with E-state index in [4.69, 9.17) is 0 Å². The van der Waals surface area contributed by atoms with Gasteiger partial charge in [-0.1, -0.05) is 13.0 Å². The zero-order chi connectivity index (χ0) is 14.8. The summed E-state index contributed by atoms with van der Waals surface area (Å²) in [6, 6.07) is 6.68. The average molecular weight is 293 g/mol. The van der Waals surface area contributed by atoms with E-state index < -0.39 is 11.5 Å². The molecule has 2 N–H and O–H groups in total. The molecule has 20 heavy (non-hydrogen) atoms. The summed E-state index contributed by atoms with van der Waals surface area (Å²) in [5, 5.41) is 12.5. The Labute approximate surface area is 125 Å². The molecule has 2 atom stereocenters. The Kier molecular flexibility index (Phi) is 4.76. The number of benzene rings is 1. The first-order valence-corrected chi connectivity index (χ1v) is 8.03. The molecule has 1 aromatic carbocycles. The number of fused-ring (bicyclic) bond motifs is 1. The van der Waals surface area contributed by atoms with Crippen LogP contribution in [0.4, 0.5) is 0 Å². The van der Waals surface area contributed by atoms with Crippen molar-refractivity contribution in [3.05, 3.63) is 29.3 Å². The maximum Gasteiger partial charge on any atom is 0.323 e. The van der Waals surface area contributed by atoms with E-state index in [1.165, 1.54) is 35.3 Å². The second-order valence-corrected chi connectivity index (χ2v) is 7.32. The van der Waals surface area contributed by atoms with E-state index in [-0.39, 0.29) is 5.25 Å². The molecule has 0 bridgehead atoms. The molecule has 0 fully saturated rings. The predicted molar refractivity (Wildman–Crippen MR) is 83.5 cm³/mol. The van der Waals surface area contributed by atoms with E-state index >= 15 is 0 Å². The van der Waals surface area contributed by atoms with Crippen LogP contribution in [0.1, 0.15) is 37.8 Å². The molecular formula is C16H23NO2S. The van der Waals surface area contributed by atoms with Crippen LogP contribution in [0.15, 0.2) is 23.1 Å². The maximum absolute atomic E-state index is 11.3. The highest BCUT2D eigenvalue weighted by Crippen LogP contribution is 2.32. The van der Waals surface area contributed by atoms with Gasteiger partial charge in [0.05, 0.1) is 0 Å². The largest absolute Gasteiger partial charge is 0.480 e. The average Bonchev–Trinajstić information content (AvgIpc) is 2.85. The van der Waals surface area contributed by atoms with E-state index in [1.807, 2.05) is 0 Å². The van der Waals surface area contributed by atoms with Crippen molar-refractivity contribution < 1.29 is 9.90 Å². The lowest BCUT2D eigenvalue weighted by molar-refractivity contribution is -0.144. The minimum absolute atomic E-state index is 0.253. The Morgan fingerprint density at radius 2 is 2.15 bits per heavy atom. The van der Waals surface area contributed by atoms with E-state index in [1.54, 1.807) is 25.7 Å². The molecule has 2 unspecified atom stereocenters. The minimum Gasteiger partial charge on any atom is -0.480 e. The predicted octanol–water partition coefficient (Wildman–Crippen LogP) is 3.11. The third-order valence-corrected chi connectivity index (χ3v) is 5.22. The molecule has 110 valence electrons. The molecule has 0 spiro atoms. The normalized spacial score (nSPS) is 18.4. The van der Waals surface area contributed by atoms with Crippen molar-refractivity contribution in [3.63, 3.8) is 0 Å². The Bertz CT molecular complexity index is 503. The number of carbonyl (C=O) groups is 1. The molecule has 0 aliphatic heterocycles. The van der Waals surface area contributed by atoms with Crippen LogP contribution < -0.4 is 5.32 Å². The summed E-state index contributed by atoms with van der Waals surface area (Å²) in [4.78, 5) is 12.6. The summed E-state index contributed by atoms with van der Waals surface area (Å²) in [5.41, 5.74) is 2.09. The van der Waals surface area contributed by atoms with Gasteiger partial charge in [0.25, 0.3) is 0 Å². The molecule has 4 heteroatoms. The van der Waals surface area contributed by atoms with Crippen LogP contribution in [0.2, 0.25) is 0 Å². The summed E-state index contributed by atoms with van der Waals surface area (Å²) in [7, 11) is 1.71. The SMILES string of the molecule is CNC(C)(CC(C)Sc1ccc2c(c1)CCC2)C(=O)O. The first kappa shape index (κ1) is 15.4. The van der Waals surface area contributed by atoms with Crippen LogP contribution in [0.3, 0.4) is 0 Å². The lowest BCUT2D eigenvalue weighted by atomic mass is 9.96. The number of hydrogen-bond donors (Lipinski definition) is 2. The Morgan fingerprint density at radius 3 is 2.80 bits per heavy atom. The number of aryl methyl sites for hydroxylation is 2. The number of aliphatic carboxylic acids is 1. The van der Waals surface area contributed by atoms with Crippen LogP contribution in [-0.4, -0.2) is 28.9 Å². The van der Waals surface area contributed by atoms with Crippen LogP contribution in [0.5, 0.6) is 0 Å². The topological polar surface area (TPSA) is 49.3 Å². The van der Waals surface area contributed by atoms with Crippen molar-refractivity contribution in [1.29, 1.82) is 0 Å². The summed E-state index contributed by atoms with van der Waals surface area (Å²) in [5.74, 6) is -0.790. The molecule has 0 heterocycles. The minimum atomic E-state index is -0.858. The molecule has 2 rings (SSSR count). The highest BCUT2D eigenvalue weighted by Gasteiger charge is 2.33. The first-order chi connectivity index (χ1) is 9.44. The van der Waals surface area contributed by atoms with Crippen LogP contribution in [-0.2, 0) is 17.6 Å². The molecule has 0 saturated heterocycles. The molecule has 1 aliphatic rings. The van der Waals surface area contributed by atoms with Gasteiger partial charge in [-0.25, -0.2) is 0 Å². The lowest BCUT2D eigenvalue weighted by Gasteiger charge is -2.27. The number of nitrogens with one attached hydrogen (secondary N) is 1. The van der Waals surface area contributed by atoms with E-state index in [2.05, 4.69) is 30.4 Å². The van der Waals surface area contributed by atoms with Gasteiger partial charge in [-0.15, -0.1) is 11.8 Å². The summed E-state index contributed by atoms with van der Waals surface area (Å²) in [6.07, 6.45) is 4.24. The van der Waals surface area contributed by atoms with Crippen LogP contribution >= 0.6 is 11.8 Å². The van der Waals surface area contributed by atoms with Crippen molar-refractivity contribution in [2.75, 3.05) is 7.05 Å². The highest BCUT2D eigenvalue weighted by atomic mass is 32.2. The zero-order valence-electron chi connectivity index (χ0n) is 12.4. The van der Waals surface area contributed by atoms with E-state index in [9.17, 15) is 9.90 Å². The molecule has 3 nitrogen and oxygen atoms in total. The fourth-order valence-corrected chi connectivity index (χ4v) is 4.00. The van der Waals surface area contributed by atoms with Crippen molar-refractivity contribution >= 4 is 17.7 Å². The summed E-state index contributed by atoms with van der Waals surface area (Å²) < 4.78 is 0. The molecule has 0 aromatic heterocycles. The van der Waals surface area contributed by atoms with Crippen molar-refractivity contribution in [2.24, 2.45) is 0 Å². The maximum atomic E-state index is 11.3. The number of hydrogen-bond acceptors (Lipinski definition) is 3. The Balaban J connectivity index is 2.01. The highest BCUT2D eigenvalue weighted by molar-refractivity contribution is 7.99. The van der Waals surface area contributed by atoms with Gasteiger partial charge in [0.2, 0.25) is 0 Å². The second-order valence-electron chi connectivity index (χ2n) is 5.80. The van der Waals surface area contributed by atoms with Gasteiger partial charge in [0.15, 0.2) is 0 Å². The molecule has 0 amide bonds. The Morgan fingerprint density at radius 1 is 1.45 bits per heavy atom. The fourth-order valence-electron chi connectivity index (χ4n) is 2.77. The molecule has 1 aliphatic carbocycles. The number of carboxylic acid groups (broad SMARTS) is 1. The number of thioether (sulfide) groups is 1. The Hall–Kier alpha value is -1.00. The first-order valence-electron chi connectivity index (χ1n) is 7.15. The van der Waals surface area contributed by atoms with Gasteiger partial charge < -0.3 is 10.4 Å². The quantitative estimate of drug-likeness (QED) is 0.791. The zero-order valence-corrected chi connectivity index (χ0v) is 13.2. The van der Waals surface area contributed by atoms with Gasteiger partial charge in [-0.3, -0.25) is 4.79 Å². The van der Waals surface area contributed by atoms with E-state index in [0.29, 0.717) is 6.42 Å². The van der Waals surface area contributed by atoms with Crippen molar-refractivity contribution in [1.82, 2.24) is 5.32 Å². The fraction of sp³-hybridized carbons (Fsp3) is 0.562. The number of rotatable bonds is 6. The molecule has 0 radical (unpaired) electrons. The monoisotopic (exact) mass is 293 g/mol.